The normalized spacial score (nSPS) is 11.3. The molecule has 1 aromatic heterocycles. The van der Waals surface area contributed by atoms with Crippen LogP contribution in [0.4, 0.5) is 17.1 Å². The molecule has 0 aliphatic rings. The minimum atomic E-state index is 1.12. The Morgan fingerprint density at radius 3 is 1.54 bits per heavy atom. The van der Waals surface area contributed by atoms with E-state index in [0.29, 0.717) is 0 Å². The molecule has 0 fully saturated rings. The molecular weight excluding hydrogens is 599 g/mol. The smallest absolute Gasteiger partial charge is 0.0476 e. The first-order valence-corrected chi connectivity index (χ1v) is 17.2. The number of nitrogens with zero attached hydrogens (tertiary/aromatic N) is 1. The topological polar surface area (TPSA) is 3.24 Å². The average molecular weight is 630 g/mol. The van der Waals surface area contributed by atoms with E-state index in [4.69, 9.17) is 0 Å². The highest BCUT2D eigenvalue weighted by atomic mass is 32.1. The molecule has 1 heterocycles. The maximum atomic E-state index is 2.37. The van der Waals surface area contributed by atoms with E-state index < -0.39 is 0 Å². The minimum absolute atomic E-state index is 1.12. The predicted octanol–water partition coefficient (Wildman–Crippen LogP) is 13.7. The van der Waals surface area contributed by atoms with E-state index in [9.17, 15) is 0 Å². The van der Waals surface area contributed by atoms with E-state index in [1.54, 1.807) is 0 Å². The predicted molar refractivity (Wildman–Crippen MR) is 208 cm³/mol. The van der Waals surface area contributed by atoms with Crippen LogP contribution in [0.5, 0.6) is 0 Å². The van der Waals surface area contributed by atoms with Crippen LogP contribution in [0.1, 0.15) is 0 Å². The van der Waals surface area contributed by atoms with E-state index in [-0.39, 0.29) is 0 Å². The quantitative estimate of drug-likeness (QED) is 0.177. The lowest BCUT2D eigenvalue weighted by Crippen LogP contribution is -2.09. The van der Waals surface area contributed by atoms with Gasteiger partial charge >= 0.3 is 0 Å². The summed E-state index contributed by atoms with van der Waals surface area (Å²) in [5, 5.41) is 5.14. The lowest BCUT2D eigenvalue weighted by Gasteiger charge is -2.26. The van der Waals surface area contributed by atoms with Gasteiger partial charge in [0.15, 0.2) is 0 Å². The maximum Gasteiger partial charge on any atom is 0.0476 e. The summed E-state index contributed by atoms with van der Waals surface area (Å²) in [6, 6.07) is 68.1. The third kappa shape index (κ3) is 5.13. The van der Waals surface area contributed by atoms with Crippen molar-refractivity contribution < 1.29 is 0 Å². The second kappa shape index (κ2) is 12.0. The standard InChI is InChI=1S/C46H31NS/c1-3-11-32(12-4-1)33-19-23-38(24-20-33)47(40-27-28-43-42-17-9-10-18-45(42)48-46(43)31-40)39-25-21-34(22-26-39)37-29-36-15-7-8-16-41(36)44(30-37)35-13-5-2-6-14-35/h1-31H. The average Bonchev–Trinajstić information content (AvgIpc) is 3.54. The molecule has 0 saturated carbocycles. The number of anilines is 3. The summed E-state index contributed by atoms with van der Waals surface area (Å²) in [4.78, 5) is 2.37. The molecule has 0 aliphatic carbocycles. The molecule has 0 aliphatic heterocycles. The first-order chi connectivity index (χ1) is 23.8. The minimum Gasteiger partial charge on any atom is -0.310 e. The Morgan fingerprint density at radius 1 is 0.312 bits per heavy atom. The van der Waals surface area contributed by atoms with Crippen molar-refractivity contribution in [3.8, 4) is 33.4 Å². The molecule has 0 N–H and O–H groups in total. The number of hydrogen-bond donors (Lipinski definition) is 0. The second-order valence-corrected chi connectivity index (χ2v) is 13.3. The number of fused-ring (bicyclic) bond motifs is 4. The summed E-state index contributed by atoms with van der Waals surface area (Å²) in [7, 11) is 0. The fraction of sp³-hybridized carbons (Fsp3) is 0. The molecule has 2 heteroatoms. The third-order valence-electron chi connectivity index (χ3n) is 9.26. The highest BCUT2D eigenvalue weighted by molar-refractivity contribution is 7.25. The van der Waals surface area contributed by atoms with Gasteiger partial charge in [0.2, 0.25) is 0 Å². The molecule has 48 heavy (non-hydrogen) atoms. The lowest BCUT2D eigenvalue weighted by atomic mass is 9.93. The van der Waals surface area contributed by atoms with Gasteiger partial charge in [0.05, 0.1) is 0 Å². The first kappa shape index (κ1) is 28.3. The molecule has 0 radical (unpaired) electrons. The van der Waals surface area contributed by atoms with Gasteiger partial charge in [-0.3, -0.25) is 0 Å². The van der Waals surface area contributed by atoms with Gasteiger partial charge in [0.1, 0.15) is 0 Å². The van der Waals surface area contributed by atoms with Gasteiger partial charge in [-0.2, -0.15) is 0 Å². The Morgan fingerprint density at radius 2 is 0.833 bits per heavy atom. The zero-order valence-electron chi connectivity index (χ0n) is 26.3. The molecule has 0 saturated heterocycles. The van der Waals surface area contributed by atoms with Gasteiger partial charge in [-0.15, -0.1) is 11.3 Å². The Kier molecular flexibility index (Phi) is 7.07. The summed E-state index contributed by atoms with van der Waals surface area (Å²) < 4.78 is 2.61. The summed E-state index contributed by atoms with van der Waals surface area (Å²) in [6.45, 7) is 0. The van der Waals surface area contributed by atoms with Crippen molar-refractivity contribution in [3.63, 3.8) is 0 Å². The number of benzene rings is 8. The highest BCUT2D eigenvalue weighted by Crippen LogP contribution is 2.42. The molecule has 0 amide bonds. The molecule has 226 valence electrons. The monoisotopic (exact) mass is 629 g/mol. The Bertz CT molecular complexity index is 2530. The molecule has 0 bridgehead atoms. The SMILES string of the molecule is c1ccc(-c2ccc(N(c3ccc(-c4cc(-c5ccccc5)c5ccccc5c4)cc3)c3ccc4c(c3)sc3ccccc34)cc2)cc1. The molecule has 9 aromatic rings. The zero-order valence-corrected chi connectivity index (χ0v) is 27.1. The van der Waals surface area contributed by atoms with Gasteiger partial charge < -0.3 is 4.90 Å². The lowest BCUT2D eigenvalue weighted by molar-refractivity contribution is 1.29. The Labute approximate surface area is 284 Å². The molecule has 9 rings (SSSR count). The second-order valence-electron chi connectivity index (χ2n) is 12.2. The molecule has 1 nitrogen and oxygen atoms in total. The van der Waals surface area contributed by atoms with Crippen LogP contribution in [0.15, 0.2) is 188 Å². The number of rotatable bonds is 6. The highest BCUT2D eigenvalue weighted by Gasteiger charge is 2.16. The van der Waals surface area contributed by atoms with Crippen molar-refractivity contribution >= 4 is 59.3 Å². The van der Waals surface area contributed by atoms with Gasteiger partial charge in [0.25, 0.3) is 0 Å². The van der Waals surface area contributed by atoms with Crippen LogP contribution in [0.3, 0.4) is 0 Å². The van der Waals surface area contributed by atoms with Crippen molar-refractivity contribution in [2.24, 2.45) is 0 Å². The molecule has 0 spiro atoms. The van der Waals surface area contributed by atoms with Crippen molar-refractivity contribution in [1.29, 1.82) is 0 Å². The summed E-state index contributed by atoms with van der Waals surface area (Å²) in [5.41, 5.74) is 10.7. The van der Waals surface area contributed by atoms with Crippen molar-refractivity contribution in [2.45, 2.75) is 0 Å². The van der Waals surface area contributed by atoms with Crippen LogP contribution in [0.2, 0.25) is 0 Å². The van der Waals surface area contributed by atoms with Gasteiger partial charge in [-0.05, 0) is 98.8 Å². The number of hydrogen-bond acceptors (Lipinski definition) is 2. The largest absolute Gasteiger partial charge is 0.310 e. The van der Waals surface area contributed by atoms with Crippen molar-refractivity contribution in [3.05, 3.63) is 188 Å². The van der Waals surface area contributed by atoms with Crippen molar-refractivity contribution in [1.82, 2.24) is 0 Å². The van der Waals surface area contributed by atoms with E-state index in [0.717, 1.165) is 17.1 Å². The first-order valence-electron chi connectivity index (χ1n) is 16.3. The van der Waals surface area contributed by atoms with Crippen LogP contribution in [0.25, 0.3) is 64.3 Å². The van der Waals surface area contributed by atoms with Gasteiger partial charge in [0, 0.05) is 37.2 Å². The summed E-state index contributed by atoms with van der Waals surface area (Å²) >= 11 is 1.86. The van der Waals surface area contributed by atoms with Crippen LogP contribution >= 0.6 is 11.3 Å². The van der Waals surface area contributed by atoms with Crippen LogP contribution in [0, 0.1) is 0 Å². The van der Waals surface area contributed by atoms with E-state index >= 15 is 0 Å². The Hall–Kier alpha value is -5.96. The number of thiophene rings is 1. The van der Waals surface area contributed by atoms with Gasteiger partial charge in [-0.25, -0.2) is 0 Å². The fourth-order valence-corrected chi connectivity index (χ4v) is 8.01. The van der Waals surface area contributed by atoms with Crippen molar-refractivity contribution in [2.75, 3.05) is 4.90 Å². The fourth-order valence-electron chi connectivity index (χ4n) is 6.87. The van der Waals surface area contributed by atoms with Crippen LogP contribution < -0.4 is 4.90 Å². The van der Waals surface area contributed by atoms with E-state index in [1.807, 2.05) is 11.3 Å². The molecule has 8 aromatic carbocycles. The van der Waals surface area contributed by atoms with E-state index in [2.05, 4.69) is 193 Å². The summed E-state index contributed by atoms with van der Waals surface area (Å²) in [6.07, 6.45) is 0. The van der Waals surface area contributed by atoms with Crippen LogP contribution in [-0.2, 0) is 0 Å². The van der Waals surface area contributed by atoms with Gasteiger partial charge in [-0.1, -0.05) is 133 Å². The summed E-state index contributed by atoms with van der Waals surface area (Å²) in [5.74, 6) is 0. The van der Waals surface area contributed by atoms with Crippen LogP contribution in [-0.4, -0.2) is 0 Å². The third-order valence-corrected chi connectivity index (χ3v) is 10.4. The Balaban J connectivity index is 1.15. The molecule has 0 unspecified atom stereocenters. The molecule has 0 atom stereocenters. The molecular formula is C46H31NS. The van der Waals surface area contributed by atoms with E-state index in [1.165, 1.54) is 64.3 Å². The zero-order chi connectivity index (χ0) is 31.9. The maximum absolute atomic E-state index is 2.37.